The van der Waals surface area contributed by atoms with Gasteiger partial charge >= 0.3 is 0 Å². The van der Waals surface area contributed by atoms with Crippen LogP contribution in [0.4, 0.5) is 0 Å². The summed E-state index contributed by atoms with van der Waals surface area (Å²) in [6.45, 7) is 3.99. The minimum absolute atomic E-state index is 0.0194. The molecule has 1 unspecified atom stereocenters. The molecule has 1 aliphatic rings. The Morgan fingerprint density at radius 2 is 2.40 bits per heavy atom. The summed E-state index contributed by atoms with van der Waals surface area (Å²) in [6.07, 6.45) is 2.61. The van der Waals surface area contributed by atoms with E-state index < -0.39 is 0 Å². The monoisotopic (exact) mass is 288 g/mol. The molecule has 0 spiro atoms. The zero-order valence-electron chi connectivity index (χ0n) is 8.92. The molecule has 1 saturated carbocycles. The molecule has 1 fully saturated rings. The summed E-state index contributed by atoms with van der Waals surface area (Å²) in [7, 11) is 0. The molecule has 0 bridgehead atoms. The maximum atomic E-state index is 6.22. The van der Waals surface area contributed by atoms with Crippen LogP contribution in [0.5, 0.6) is 0 Å². The van der Waals surface area contributed by atoms with Crippen LogP contribution in [0.3, 0.4) is 0 Å². The molecule has 4 heteroatoms. The number of nitrogens with one attached hydrogen (secondary N) is 1. The Kier molecular flexibility index (Phi) is 3.50. The molecule has 1 aromatic rings. The minimum atomic E-state index is -0.0194. The Morgan fingerprint density at radius 1 is 1.67 bits per heavy atom. The van der Waals surface area contributed by atoms with E-state index in [9.17, 15) is 0 Å². The summed E-state index contributed by atoms with van der Waals surface area (Å²) in [6, 6.07) is 2.16. The van der Waals surface area contributed by atoms with Crippen molar-refractivity contribution in [2.24, 2.45) is 11.7 Å². The van der Waals surface area contributed by atoms with Gasteiger partial charge in [0.2, 0.25) is 0 Å². The fourth-order valence-electron chi connectivity index (χ4n) is 1.79. The average Bonchev–Trinajstić information content (AvgIpc) is 2.92. The van der Waals surface area contributed by atoms with Crippen LogP contribution in [0.1, 0.15) is 24.6 Å². The maximum absolute atomic E-state index is 6.22. The zero-order chi connectivity index (χ0) is 10.9. The number of halogens is 1. The van der Waals surface area contributed by atoms with Gasteiger partial charge in [0.1, 0.15) is 0 Å². The highest BCUT2D eigenvalue weighted by Gasteiger charge is 2.37. The predicted octanol–water partition coefficient (Wildman–Crippen LogP) is 2.73. The van der Waals surface area contributed by atoms with Gasteiger partial charge in [-0.15, -0.1) is 11.3 Å². The molecule has 1 aliphatic carbocycles. The summed E-state index contributed by atoms with van der Waals surface area (Å²) >= 11 is 5.23. The molecule has 0 aromatic carbocycles. The topological polar surface area (TPSA) is 38.0 Å². The quantitative estimate of drug-likeness (QED) is 0.874. The van der Waals surface area contributed by atoms with Gasteiger partial charge in [-0.1, -0.05) is 0 Å². The highest BCUT2D eigenvalue weighted by atomic mass is 79.9. The lowest BCUT2D eigenvalue weighted by Crippen LogP contribution is -2.47. The van der Waals surface area contributed by atoms with Crippen LogP contribution >= 0.6 is 27.3 Å². The molecule has 0 aliphatic heterocycles. The molecule has 84 valence electrons. The SMILES string of the molecule is CC(N)(CNCc1cc(Br)cs1)C1CC1. The lowest BCUT2D eigenvalue weighted by atomic mass is 9.97. The zero-order valence-corrected chi connectivity index (χ0v) is 11.3. The van der Waals surface area contributed by atoms with Crippen molar-refractivity contribution in [2.45, 2.75) is 31.8 Å². The highest BCUT2D eigenvalue weighted by Crippen LogP contribution is 2.37. The van der Waals surface area contributed by atoms with E-state index in [1.807, 2.05) is 0 Å². The average molecular weight is 289 g/mol. The number of thiophene rings is 1. The van der Waals surface area contributed by atoms with Crippen molar-refractivity contribution >= 4 is 27.3 Å². The molecule has 1 heterocycles. The van der Waals surface area contributed by atoms with E-state index >= 15 is 0 Å². The second kappa shape index (κ2) is 4.53. The van der Waals surface area contributed by atoms with Crippen LogP contribution in [0.25, 0.3) is 0 Å². The van der Waals surface area contributed by atoms with Crippen molar-refractivity contribution in [1.82, 2.24) is 5.32 Å². The van der Waals surface area contributed by atoms with Crippen LogP contribution in [0, 0.1) is 5.92 Å². The van der Waals surface area contributed by atoms with E-state index in [0.717, 1.165) is 19.0 Å². The molecule has 15 heavy (non-hydrogen) atoms. The van der Waals surface area contributed by atoms with Crippen molar-refractivity contribution in [3.8, 4) is 0 Å². The fraction of sp³-hybridized carbons (Fsp3) is 0.636. The van der Waals surface area contributed by atoms with Crippen molar-refractivity contribution < 1.29 is 0 Å². The summed E-state index contributed by atoms with van der Waals surface area (Å²) in [5.74, 6) is 0.736. The van der Waals surface area contributed by atoms with E-state index in [1.54, 1.807) is 11.3 Å². The third kappa shape index (κ3) is 3.28. The summed E-state index contributed by atoms with van der Waals surface area (Å²) in [4.78, 5) is 1.36. The van der Waals surface area contributed by atoms with E-state index in [0.29, 0.717) is 0 Å². The summed E-state index contributed by atoms with van der Waals surface area (Å²) in [5, 5.41) is 5.55. The Balaban J connectivity index is 1.74. The number of hydrogen-bond acceptors (Lipinski definition) is 3. The first-order valence-corrected chi connectivity index (χ1v) is 6.98. The third-order valence-electron chi connectivity index (χ3n) is 2.94. The molecule has 2 nitrogen and oxygen atoms in total. The van der Waals surface area contributed by atoms with Crippen LogP contribution in [-0.2, 0) is 6.54 Å². The van der Waals surface area contributed by atoms with E-state index in [4.69, 9.17) is 5.73 Å². The Labute approximate surface area is 103 Å². The number of hydrogen-bond donors (Lipinski definition) is 2. The molecule has 2 rings (SSSR count). The normalized spacial score (nSPS) is 20.2. The predicted molar refractivity (Wildman–Crippen MR) is 69.0 cm³/mol. The molecule has 1 atom stereocenters. The Hall–Kier alpha value is 0.1000. The number of nitrogens with two attached hydrogens (primary N) is 1. The Bertz CT molecular complexity index is 331. The molecule has 3 N–H and O–H groups in total. The molecule has 0 radical (unpaired) electrons. The number of rotatable bonds is 5. The second-order valence-electron chi connectivity index (χ2n) is 4.61. The van der Waals surface area contributed by atoms with Gasteiger partial charge in [0.05, 0.1) is 0 Å². The van der Waals surface area contributed by atoms with Crippen molar-refractivity contribution in [3.05, 3.63) is 20.8 Å². The second-order valence-corrected chi connectivity index (χ2v) is 6.53. The van der Waals surface area contributed by atoms with Crippen molar-refractivity contribution in [1.29, 1.82) is 0 Å². The van der Waals surface area contributed by atoms with Crippen LogP contribution in [0.2, 0.25) is 0 Å². The summed E-state index contributed by atoms with van der Waals surface area (Å²) < 4.78 is 1.17. The van der Waals surface area contributed by atoms with Gasteiger partial charge in [-0.2, -0.15) is 0 Å². The van der Waals surface area contributed by atoms with Gasteiger partial charge < -0.3 is 11.1 Å². The van der Waals surface area contributed by atoms with Gasteiger partial charge in [0, 0.05) is 33.4 Å². The molecule has 0 amide bonds. The molecule has 1 aromatic heterocycles. The van der Waals surface area contributed by atoms with Gasteiger partial charge in [-0.25, -0.2) is 0 Å². The van der Waals surface area contributed by atoms with E-state index in [1.165, 1.54) is 22.2 Å². The lowest BCUT2D eigenvalue weighted by molar-refractivity contribution is 0.380. The summed E-state index contributed by atoms with van der Waals surface area (Å²) in [5.41, 5.74) is 6.20. The Morgan fingerprint density at radius 3 is 2.93 bits per heavy atom. The van der Waals surface area contributed by atoms with Crippen LogP contribution in [-0.4, -0.2) is 12.1 Å². The van der Waals surface area contributed by atoms with Crippen molar-refractivity contribution in [2.75, 3.05) is 6.54 Å². The van der Waals surface area contributed by atoms with Gasteiger partial charge in [-0.05, 0) is 47.7 Å². The van der Waals surface area contributed by atoms with Crippen LogP contribution < -0.4 is 11.1 Å². The highest BCUT2D eigenvalue weighted by molar-refractivity contribution is 9.10. The van der Waals surface area contributed by atoms with E-state index in [2.05, 4.69) is 39.6 Å². The molecule has 0 saturated heterocycles. The first-order valence-electron chi connectivity index (χ1n) is 5.30. The van der Waals surface area contributed by atoms with Gasteiger partial charge in [-0.3, -0.25) is 0 Å². The lowest BCUT2D eigenvalue weighted by Gasteiger charge is -2.24. The largest absolute Gasteiger partial charge is 0.324 e. The maximum Gasteiger partial charge on any atom is 0.0300 e. The van der Waals surface area contributed by atoms with Crippen LogP contribution in [0.15, 0.2) is 15.9 Å². The van der Waals surface area contributed by atoms with E-state index in [-0.39, 0.29) is 5.54 Å². The first-order chi connectivity index (χ1) is 7.08. The minimum Gasteiger partial charge on any atom is -0.324 e. The first kappa shape index (κ1) is 11.6. The van der Waals surface area contributed by atoms with Gasteiger partial charge in [0.25, 0.3) is 0 Å². The standard InChI is InChI=1S/C11H17BrN2S/c1-11(13,8-2-3-8)7-14-5-10-4-9(12)6-15-10/h4,6,8,14H,2-3,5,7,13H2,1H3. The molecular formula is C11H17BrN2S. The van der Waals surface area contributed by atoms with Crippen molar-refractivity contribution in [3.63, 3.8) is 0 Å². The van der Waals surface area contributed by atoms with Gasteiger partial charge in [0.15, 0.2) is 0 Å². The molecular weight excluding hydrogens is 272 g/mol. The third-order valence-corrected chi connectivity index (χ3v) is 4.63. The fourth-order valence-corrected chi connectivity index (χ4v) is 3.21. The smallest absolute Gasteiger partial charge is 0.0300 e.